The summed E-state index contributed by atoms with van der Waals surface area (Å²) in [5, 5.41) is 7.36. The lowest BCUT2D eigenvalue weighted by Crippen LogP contribution is -1.94. The summed E-state index contributed by atoms with van der Waals surface area (Å²) in [7, 11) is 0. The van der Waals surface area contributed by atoms with Crippen LogP contribution >= 0.6 is 0 Å². The smallest absolute Gasteiger partial charge is 0.130 e. The molecule has 5 nitrogen and oxygen atoms in total. The molecule has 0 unspecified atom stereocenters. The van der Waals surface area contributed by atoms with Crippen LogP contribution in [0.1, 0.15) is 24.6 Å². The lowest BCUT2D eigenvalue weighted by atomic mass is 10.1. The van der Waals surface area contributed by atoms with Crippen molar-refractivity contribution in [3.05, 3.63) is 54.2 Å². The maximum Gasteiger partial charge on any atom is 0.130 e. The molecule has 0 fully saturated rings. The second-order valence-electron chi connectivity index (χ2n) is 5.45. The molecule has 112 valence electrons. The summed E-state index contributed by atoms with van der Waals surface area (Å²) in [6, 6.07) is 8.24. The Morgan fingerprint density at radius 1 is 1.32 bits per heavy atom. The molecular weight excluding hydrogens is 276 g/mol. The van der Waals surface area contributed by atoms with Gasteiger partial charge in [-0.15, -0.1) is 0 Å². The van der Waals surface area contributed by atoms with Crippen LogP contribution in [0.5, 0.6) is 0 Å². The first-order valence-corrected chi connectivity index (χ1v) is 7.26. The number of imidazole rings is 1. The SMILES string of the molecule is CC(=O)CCc1cc(-c2ccc(C)c(-n3ccnc3)c2)n[nH]1. The molecule has 1 N–H and O–H groups in total. The second-order valence-corrected chi connectivity index (χ2v) is 5.45. The minimum absolute atomic E-state index is 0.189. The molecule has 0 saturated heterocycles. The average molecular weight is 294 g/mol. The number of carbonyl (C=O) groups is 1. The van der Waals surface area contributed by atoms with E-state index in [-0.39, 0.29) is 5.78 Å². The lowest BCUT2D eigenvalue weighted by molar-refractivity contribution is -0.116. The van der Waals surface area contributed by atoms with Gasteiger partial charge in [0, 0.05) is 30.1 Å². The average Bonchev–Trinajstić information content (AvgIpc) is 3.17. The highest BCUT2D eigenvalue weighted by atomic mass is 16.1. The van der Waals surface area contributed by atoms with Gasteiger partial charge in [0.05, 0.1) is 17.7 Å². The third kappa shape index (κ3) is 2.98. The maximum absolute atomic E-state index is 11.1. The summed E-state index contributed by atoms with van der Waals surface area (Å²) in [5.74, 6) is 0.189. The highest BCUT2D eigenvalue weighted by molar-refractivity contribution is 5.75. The molecule has 0 aliphatic carbocycles. The first-order valence-electron chi connectivity index (χ1n) is 7.26. The number of aromatic amines is 1. The van der Waals surface area contributed by atoms with Crippen molar-refractivity contribution in [1.29, 1.82) is 0 Å². The molecule has 0 saturated carbocycles. The summed E-state index contributed by atoms with van der Waals surface area (Å²) in [6.45, 7) is 3.68. The van der Waals surface area contributed by atoms with E-state index in [2.05, 4.69) is 40.3 Å². The van der Waals surface area contributed by atoms with Crippen molar-refractivity contribution in [1.82, 2.24) is 19.7 Å². The Bertz CT molecular complexity index is 787. The maximum atomic E-state index is 11.1. The van der Waals surface area contributed by atoms with Crippen LogP contribution in [0.15, 0.2) is 43.0 Å². The number of hydrogen-bond donors (Lipinski definition) is 1. The third-order valence-electron chi connectivity index (χ3n) is 3.66. The van der Waals surface area contributed by atoms with Gasteiger partial charge in [-0.2, -0.15) is 5.10 Å². The summed E-state index contributed by atoms with van der Waals surface area (Å²) < 4.78 is 1.99. The largest absolute Gasteiger partial charge is 0.306 e. The highest BCUT2D eigenvalue weighted by Gasteiger charge is 2.08. The molecule has 0 spiro atoms. The molecule has 0 atom stereocenters. The zero-order chi connectivity index (χ0) is 15.5. The topological polar surface area (TPSA) is 63.6 Å². The molecular formula is C17H18N4O. The quantitative estimate of drug-likeness (QED) is 0.786. The molecule has 22 heavy (non-hydrogen) atoms. The van der Waals surface area contributed by atoms with Crippen LogP contribution in [-0.2, 0) is 11.2 Å². The standard InChI is InChI=1S/C17H18N4O/c1-12-3-5-14(9-17(12)21-8-7-18-11-21)16-10-15(19-20-16)6-4-13(2)22/h3,5,7-11H,4,6H2,1-2H3,(H,19,20). The fraction of sp³-hybridized carbons (Fsp3) is 0.235. The van der Waals surface area contributed by atoms with Gasteiger partial charge in [0.1, 0.15) is 5.78 Å². The number of carbonyl (C=O) groups excluding carboxylic acids is 1. The van der Waals surface area contributed by atoms with Crippen molar-refractivity contribution in [2.24, 2.45) is 0 Å². The minimum Gasteiger partial charge on any atom is -0.306 e. The van der Waals surface area contributed by atoms with Gasteiger partial charge in [-0.05, 0) is 38.0 Å². The molecule has 2 aromatic heterocycles. The number of ketones is 1. The van der Waals surface area contributed by atoms with E-state index in [4.69, 9.17) is 0 Å². The van der Waals surface area contributed by atoms with Gasteiger partial charge >= 0.3 is 0 Å². The van der Waals surface area contributed by atoms with E-state index in [9.17, 15) is 4.79 Å². The Morgan fingerprint density at radius 3 is 2.91 bits per heavy atom. The first kappa shape index (κ1) is 14.3. The molecule has 0 radical (unpaired) electrons. The fourth-order valence-corrected chi connectivity index (χ4v) is 2.40. The molecule has 5 heteroatoms. The lowest BCUT2D eigenvalue weighted by Gasteiger charge is -2.08. The van der Waals surface area contributed by atoms with Crippen LogP contribution < -0.4 is 0 Å². The van der Waals surface area contributed by atoms with Crippen LogP contribution in [0.4, 0.5) is 0 Å². The Kier molecular flexibility index (Phi) is 3.87. The Balaban J connectivity index is 1.89. The number of hydrogen-bond acceptors (Lipinski definition) is 3. The van der Waals surface area contributed by atoms with Crippen LogP contribution in [0.25, 0.3) is 16.9 Å². The van der Waals surface area contributed by atoms with E-state index in [0.29, 0.717) is 12.8 Å². The van der Waals surface area contributed by atoms with Crippen molar-refractivity contribution < 1.29 is 4.79 Å². The zero-order valence-corrected chi connectivity index (χ0v) is 12.7. The number of H-pyrrole nitrogens is 1. The molecule has 1 aromatic carbocycles. The van der Waals surface area contributed by atoms with Gasteiger partial charge in [0.2, 0.25) is 0 Å². The highest BCUT2D eigenvalue weighted by Crippen LogP contribution is 2.24. The van der Waals surface area contributed by atoms with Gasteiger partial charge in [-0.3, -0.25) is 5.10 Å². The molecule has 3 aromatic rings. The Morgan fingerprint density at radius 2 is 2.18 bits per heavy atom. The molecule has 0 bridgehead atoms. The number of nitrogens with zero attached hydrogens (tertiary/aromatic N) is 3. The van der Waals surface area contributed by atoms with E-state index in [1.54, 1.807) is 19.4 Å². The van der Waals surface area contributed by atoms with E-state index in [0.717, 1.165) is 22.6 Å². The predicted octanol–water partition coefficient (Wildman–Crippen LogP) is 3.09. The van der Waals surface area contributed by atoms with Crippen molar-refractivity contribution in [2.75, 3.05) is 0 Å². The van der Waals surface area contributed by atoms with Crippen molar-refractivity contribution >= 4 is 5.78 Å². The second kappa shape index (κ2) is 5.97. The summed E-state index contributed by atoms with van der Waals surface area (Å²) in [4.78, 5) is 15.2. The van der Waals surface area contributed by atoms with E-state index in [1.807, 2.05) is 16.8 Å². The minimum atomic E-state index is 0.189. The molecule has 0 amide bonds. The number of aromatic nitrogens is 4. The monoisotopic (exact) mass is 294 g/mol. The number of Topliss-reactive ketones (excluding diaryl/α,β-unsaturated/α-hetero) is 1. The van der Waals surface area contributed by atoms with Crippen molar-refractivity contribution in [3.63, 3.8) is 0 Å². The van der Waals surface area contributed by atoms with Gasteiger partial charge in [0.15, 0.2) is 0 Å². The number of benzene rings is 1. The molecule has 3 rings (SSSR count). The first-order chi connectivity index (χ1) is 10.6. The van der Waals surface area contributed by atoms with Crippen LogP contribution in [0.3, 0.4) is 0 Å². The van der Waals surface area contributed by atoms with E-state index >= 15 is 0 Å². The Labute approximate surface area is 129 Å². The van der Waals surface area contributed by atoms with Gasteiger partial charge in [0.25, 0.3) is 0 Å². The van der Waals surface area contributed by atoms with Crippen LogP contribution in [0, 0.1) is 6.92 Å². The van der Waals surface area contributed by atoms with Gasteiger partial charge in [-0.1, -0.05) is 12.1 Å². The number of aryl methyl sites for hydroxylation is 2. The summed E-state index contributed by atoms with van der Waals surface area (Å²) >= 11 is 0. The number of rotatable bonds is 5. The Hall–Kier alpha value is -2.69. The van der Waals surface area contributed by atoms with E-state index in [1.165, 1.54) is 5.56 Å². The summed E-state index contributed by atoms with van der Waals surface area (Å²) in [6.07, 6.45) is 6.71. The third-order valence-corrected chi connectivity index (χ3v) is 3.66. The molecule has 0 aliphatic heterocycles. The fourth-order valence-electron chi connectivity index (χ4n) is 2.40. The van der Waals surface area contributed by atoms with Crippen LogP contribution in [-0.4, -0.2) is 25.5 Å². The van der Waals surface area contributed by atoms with Crippen molar-refractivity contribution in [3.8, 4) is 16.9 Å². The predicted molar refractivity (Wildman–Crippen MR) is 84.9 cm³/mol. The van der Waals surface area contributed by atoms with Crippen molar-refractivity contribution in [2.45, 2.75) is 26.7 Å². The molecule has 0 aliphatic rings. The van der Waals surface area contributed by atoms with Crippen LogP contribution in [0.2, 0.25) is 0 Å². The van der Waals surface area contributed by atoms with Gasteiger partial charge < -0.3 is 9.36 Å². The van der Waals surface area contributed by atoms with E-state index < -0.39 is 0 Å². The normalized spacial score (nSPS) is 10.8. The zero-order valence-electron chi connectivity index (χ0n) is 12.7. The number of nitrogens with one attached hydrogen (secondary N) is 1. The van der Waals surface area contributed by atoms with Gasteiger partial charge in [-0.25, -0.2) is 4.98 Å². The summed E-state index contributed by atoms with van der Waals surface area (Å²) in [5.41, 5.74) is 5.17. The molecule has 2 heterocycles.